The predicted octanol–water partition coefficient (Wildman–Crippen LogP) is 0.743. The van der Waals surface area contributed by atoms with E-state index in [0.717, 1.165) is 11.3 Å². The Morgan fingerprint density at radius 3 is 3.00 bits per heavy atom. The molecule has 3 heterocycles. The Bertz CT molecular complexity index is 552. The minimum Gasteiger partial charge on any atom is -0.328 e. The smallest absolute Gasteiger partial charge is 0.197 e. The van der Waals surface area contributed by atoms with Crippen molar-refractivity contribution in [1.29, 1.82) is 0 Å². The van der Waals surface area contributed by atoms with Crippen molar-refractivity contribution >= 4 is 11.3 Å². The molecule has 0 amide bonds. The maximum atomic E-state index is 4.34. The molecular formula is C8H6N6. The number of fused-ring (bicyclic) bond motifs is 1. The van der Waals surface area contributed by atoms with E-state index in [0.29, 0.717) is 11.3 Å². The van der Waals surface area contributed by atoms with Crippen molar-refractivity contribution in [2.75, 3.05) is 0 Å². The first-order chi connectivity index (χ1) is 6.93. The number of rotatable bonds is 1. The van der Waals surface area contributed by atoms with Crippen molar-refractivity contribution in [2.45, 2.75) is 0 Å². The van der Waals surface area contributed by atoms with Gasteiger partial charge >= 0.3 is 0 Å². The molecule has 0 aliphatic rings. The van der Waals surface area contributed by atoms with Crippen LogP contribution in [0.3, 0.4) is 0 Å². The minimum atomic E-state index is 0.622. The fraction of sp³-hybridized carbons (Fsp3) is 0. The van der Waals surface area contributed by atoms with Gasteiger partial charge in [0.1, 0.15) is 0 Å². The predicted molar refractivity (Wildman–Crippen MR) is 49.3 cm³/mol. The molecule has 14 heavy (non-hydrogen) atoms. The van der Waals surface area contributed by atoms with Crippen LogP contribution in [0, 0.1) is 0 Å². The van der Waals surface area contributed by atoms with Crippen LogP contribution in [0.2, 0.25) is 0 Å². The fourth-order valence-corrected chi connectivity index (χ4v) is 1.26. The molecule has 0 fully saturated rings. The van der Waals surface area contributed by atoms with Crippen molar-refractivity contribution in [3.63, 3.8) is 0 Å². The Hall–Kier alpha value is -2.24. The van der Waals surface area contributed by atoms with Crippen LogP contribution in [0.4, 0.5) is 0 Å². The van der Waals surface area contributed by atoms with E-state index < -0.39 is 0 Å². The van der Waals surface area contributed by atoms with Gasteiger partial charge in [0.15, 0.2) is 11.3 Å². The van der Waals surface area contributed by atoms with Gasteiger partial charge in [-0.3, -0.25) is 5.10 Å². The molecule has 6 heteroatoms. The van der Waals surface area contributed by atoms with Gasteiger partial charge < -0.3 is 4.98 Å². The third-order valence-electron chi connectivity index (χ3n) is 1.94. The quantitative estimate of drug-likeness (QED) is 0.587. The summed E-state index contributed by atoms with van der Waals surface area (Å²) in [4.78, 5) is 15.4. The zero-order valence-corrected chi connectivity index (χ0v) is 7.10. The van der Waals surface area contributed by atoms with Crippen molar-refractivity contribution in [3.05, 3.63) is 24.9 Å². The standard InChI is InChI=1S/C8H6N6/c1-5(2-13-12-1)6-3-9-7-8(14-6)11-4-10-7/h1-4H,(H,12,13)(H,9,10,11,14). The first-order valence-electron chi connectivity index (χ1n) is 4.09. The van der Waals surface area contributed by atoms with Gasteiger partial charge in [0.25, 0.3) is 0 Å². The summed E-state index contributed by atoms with van der Waals surface area (Å²) in [6.07, 6.45) is 6.72. The Morgan fingerprint density at radius 1 is 1.14 bits per heavy atom. The van der Waals surface area contributed by atoms with Gasteiger partial charge in [-0.25, -0.2) is 15.0 Å². The van der Waals surface area contributed by atoms with E-state index in [4.69, 9.17) is 0 Å². The molecule has 0 aromatic carbocycles. The molecule has 0 bridgehead atoms. The summed E-state index contributed by atoms with van der Waals surface area (Å²) >= 11 is 0. The average molecular weight is 186 g/mol. The van der Waals surface area contributed by atoms with Crippen molar-refractivity contribution in [3.8, 4) is 11.3 Å². The highest BCUT2D eigenvalue weighted by molar-refractivity contribution is 5.69. The van der Waals surface area contributed by atoms with E-state index in [-0.39, 0.29) is 0 Å². The van der Waals surface area contributed by atoms with Gasteiger partial charge in [-0.15, -0.1) is 0 Å². The summed E-state index contributed by atoms with van der Waals surface area (Å²) in [5, 5.41) is 6.57. The van der Waals surface area contributed by atoms with E-state index in [2.05, 4.69) is 30.1 Å². The highest BCUT2D eigenvalue weighted by atomic mass is 15.1. The number of aromatic nitrogens is 6. The lowest BCUT2D eigenvalue weighted by Gasteiger charge is -1.93. The summed E-state index contributed by atoms with van der Waals surface area (Å²) in [7, 11) is 0. The Labute approximate surface area is 78.4 Å². The second-order valence-electron chi connectivity index (χ2n) is 2.82. The lowest BCUT2D eigenvalue weighted by molar-refractivity contribution is 1.09. The minimum absolute atomic E-state index is 0.622. The van der Waals surface area contributed by atoms with Gasteiger partial charge in [0.2, 0.25) is 0 Å². The molecule has 2 N–H and O–H groups in total. The topological polar surface area (TPSA) is 83.1 Å². The van der Waals surface area contributed by atoms with Gasteiger partial charge in [-0.2, -0.15) is 5.10 Å². The zero-order valence-electron chi connectivity index (χ0n) is 7.10. The van der Waals surface area contributed by atoms with Crippen molar-refractivity contribution in [1.82, 2.24) is 30.1 Å². The summed E-state index contributed by atoms with van der Waals surface area (Å²) in [6, 6.07) is 0. The Kier molecular flexibility index (Phi) is 1.35. The molecular weight excluding hydrogens is 180 g/mol. The van der Waals surface area contributed by atoms with E-state index in [1.165, 1.54) is 0 Å². The van der Waals surface area contributed by atoms with Crippen molar-refractivity contribution in [2.24, 2.45) is 0 Å². The highest BCUT2D eigenvalue weighted by Crippen LogP contribution is 2.15. The fourth-order valence-electron chi connectivity index (χ4n) is 1.26. The highest BCUT2D eigenvalue weighted by Gasteiger charge is 2.04. The Balaban J connectivity index is 2.23. The molecule has 6 nitrogen and oxygen atoms in total. The molecule has 68 valence electrons. The summed E-state index contributed by atoms with van der Waals surface area (Å²) in [5.41, 5.74) is 2.99. The number of aromatic amines is 2. The maximum Gasteiger partial charge on any atom is 0.197 e. The van der Waals surface area contributed by atoms with Crippen LogP contribution in [-0.2, 0) is 0 Å². The zero-order chi connectivity index (χ0) is 9.38. The van der Waals surface area contributed by atoms with Crippen LogP contribution in [-0.4, -0.2) is 30.1 Å². The first kappa shape index (κ1) is 7.19. The molecule has 0 saturated carbocycles. The molecule has 3 aromatic rings. The largest absolute Gasteiger partial charge is 0.328 e. The van der Waals surface area contributed by atoms with Crippen LogP contribution in [0.15, 0.2) is 24.9 Å². The third-order valence-corrected chi connectivity index (χ3v) is 1.94. The van der Waals surface area contributed by atoms with E-state index >= 15 is 0 Å². The summed E-state index contributed by atoms with van der Waals surface area (Å²) < 4.78 is 0. The lowest BCUT2D eigenvalue weighted by atomic mass is 10.3. The SMILES string of the molecule is c1nc2ncc(-c3cn[nH]c3)nc2[nH]1. The molecule has 0 unspecified atom stereocenters. The molecule has 0 aliphatic carbocycles. The van der Waals surface area contributed by atoms with Crippen molar-refractivity contribution < 1.29 is 0 Å². The van der Waals surface area contributed by atoms with Crippen LogP contribution < -0.4 is 0 Å². The summed E-state index contributed by atoms with van der Waals surface area (Å²) in [5.74, 6) is 0. The van der Waals surface area contributed by atoms with E-state index in [9.17, 15) is 0 Å². The third kappa shape index (κ3) is 0.972. The number of hydrogen-bond donors (Lipinski definition) is 2. The van der Waals surface area contributed by atoms with Crippen LogP contribution >= 0.6 is 0 Å². The number of imidazole rings is 1. The Morgan fingerprint density at radius 2 is 2.14 bits per heavy atom. The second kappa shape index (κ2) is 2.63. The first-order valence-corrected chi connectivity index (χ1v) is 4.09. The van der Waals surface area contributed by atoms with Gasteiger partial charge in [-0.05, 0) is 0 Å². The molecule has 0 saturated heterocycles. The number of hydrogen-bond acceptors (Lipinski definition) is 4. The van der Waals surface area contributed by atoms with E-state index in [1.807, 2.05) is 0 Å². The molecule has 0 aliphatic heterocycles. The molecule has 0 atom stereocenters. The maximum absolute atomic E-state index is 4.34. The van der Waals surface area contributed by atoms with E-state index in [1.54, 1.807) is 24.9 Å². The lowest BCUT2D eigenvalue weighted by Crippen LogP contribution is -1.86. The average Bonchev–Trinajstić information content (AvgIpc) is 2.88. The molecule has 3 aromatic heterocycles. The van der Waals surface area contributed by atoms with Crippen LogP contribution in [0.5, 0.6) is 0 Å². The normalized spacial score (nSPS) is 10.9. The molecule has 0 spiro atoms. The monoisotopic (exact) mass is 186 g/mol. The van der Waals surface area contributed by atoms with Gasteiger partial charge in [0.05, 0.1) is 24.4 Å². The molecule has 3 rings (SSSR count). The van der Waals surface area contributed by atoms with Gasteiger partial charge in [0, 0.05) is 11.8 Å². The number of H-pyrrole nitrogens is 2. The van der Waals surface area contributed by atoms with Gasteiger partial charge in [-0.1, -0.05) is 0 Å². The number of nitrogens with zero attached hydrogens (tertiary/aromatic N) is 4. The second-order valence-corrected chi connectivity index (χ2v) is 2.82. The molecule has 0 radical (unpaired) electrons. The summed E-state index contributed by atoms with van der Waals surface area (Å²) in [6.45, 7) is 0. The number of nitrogens with one attached hydrogen (secondary N) is 2. The van der Waals surface area contributed by atoms with Crippen LogP contribution in [0.1, 0.15) is 0 Å². The van der Waals surface area contributed by atoms with Crippen LogP contribution in [0.25, 0.3) is 22.6 Å².